The number of aromatic nitrogens is 2. The summed E-state index contributed by atoms with van der Waals surface area (Å²) < 4.78 is 1.93. The van der Waals surface area contributed by atoms with Gasteiger partial charge >= 0.3 is 0 Å². The van der Waals surface area contributed by atoms with E-state index in [1.807, 2.05) is 48.7 Å². The molecule has 0 spiro atoms. The van der Waals surface area contributed by atoms with E-state index in [9.17, 15) is 9.59 Å². The highest BCUT2D eigenvalue weighted by atomic mass is 16.2. The lowest BCUT2D eigenvalue weighted by molar-refractivity contribution is 0.0766. The van der Waals surface area contributed by atoms with Crippen molar-refractivity contribution in [2.75, 3.05) is 7.05 Å². The van der Waals surface area contributed by atoms with Crippen molar-refractivity contribution >= 4 is 11.8 Å². The molecule has 1 aliphatic heterocycles. The SMILES string of the molecule is CC(C)NC(=O)c1nc(C(=O)N(C)Cc2ccccc2)n2c1CCCC2. The molecule has 0 aliphatic carbocycles. The maximum atomic E-state index is 13.0. The minimum Gasteiger partial charge on any atom is -0.348 e. The third-order valence-corrected chi connectivity index (χ3v) is 4.55. The van der Waals surface area contributed by atoms with Gasteiger partial charge in [-0.15, -0.1) is 0 Å². The average molecular weight is 354 g/mol. The van der Waals surface area contributed by atoms with Crippen LogP contribution in [0.3, 0.4) is 0 Å². The van der Waals surface area contributed by atoms with E-state index >= 15 is 0 Å². The first kappa shape index (κ1) is 18.2. The van der Waals surface area contributed by atoms with Gasteiger partial charge in [-0.2, -0.15) is 0 Å². The summed E-state index contributed by atoms with van der Waals surface area (Å²) >= 11 is 0. The smallest absolute Gasteiger partial charge is 0.289 e. The predicted octanol–water partition coefficient (Wildman–Crippen LogP) is 2.63. The number of amides is 2. The minimum atomic E-state index is -0.199. The molecule has 0 fully saturated rings. The third kappa shape index (κ3) is 3.79. The van der Waals surface area contributed by atoms with Crippen molar-refractivity contribution in [3.8, 4) is 0 Å². The highest BCUT2D eigenvalue weighted by molar-refractivity contribution is 5.97. The van der Waals surface area contributed by atoms with Gasteiger partial charge in [0.1, 0.15) is 5.69 Å². The van der Waals surface area contributed by atoms with Gasteiger partial charge in [0.05, 0.1) is 5.69 Å². The van der Waals surface area contributed by atoms with Crippen molar-refractivity contribution < 1.29 is 9.59 Å². The van der Waals surface area contributed by atoms with E-state index < -0.39 is 0 Å². The van der Waals surface area contributed by atoms with E-state index in [-0.39, 0.29) is 17.9 Å². The lowest BCUT2D eigenvalue weighted by Crippen LogP contribution is -2.31. The van der Waals surface area contributed by atoms with Crippen LogP contribution in [-0.4, -0.2) is 39.4 Å². The number of carbonyl (C=O) groups excluding carboxylic acids is 2. The highest BCUT2D eigenvalue weighted by Gasteiger charge is 2.29. The molecule has 138 valence electrons. The Morgan fingerprint density at radius 1 is 1.23 bits per heavy atom. The zero-order valence-electron chi connectivity index (χ0n) is 15.7. The van der Waals surface area contributed by atoms with Crippen LogP contribution in [0.1, 0.15) is 59.1 Å². The van der Waals surface area contributed by atoms with Crippen molar-refractivity contribution in [3.63, 3.8) is 0 Å². The number of hydrogen-bond acceptors (Lipinski definition) is 3. The standard InChI is InChI=1S/C20H26N4O2/c1-14(2)21-19(25)17-16-11-7-8-12-24(16)18(22-17)20(26)23(3)13-15-9-5-4-6-10-15/h4-6,9-10,14H,7-8,11-13H2,1-3H3,(H,21,25). The second kappa shape index (κ2) is 7.72. The molecule has 0 radical (unpaired) electrons. The zero-order chi connectivity index (χ0) is 18.7. The molecule has 2 aromatic rings. The molecule has 0 unspecified atom stereocenters. The molecule has 2 heterocycles. The summed E-state index contributed by atoms with van der Waals surface area (Å²) in [7, 11) is 1.77. The number of hydrogen-bond donors (Lipinski definition) is 1. The van der Waals surface area contributed by atoms with E-state index in [0.29, 0.717) is 18.1 Å². The summed E-state index contributed by atoms with van der Waals surface area (Å²) in [5.41, 5.74) is 2.34. The monoisotopic (exact) mass is 354 g/mol. The van der Waals surface area contributed by atoms with Gasteiger partial charge in [-0.3, -0.25) is 9.59 Å². The minimum absolute atomic E-state index is 0.0309. The predicted molar refractivity (Wildman–Crippen MR) is 100 cm³/mol. The number of fused-ring (bicyclic) bond motifs is 1. The van der Waals surface area contributed by atoms with E-state index in [4.69, 9.17) is 0 Å². The summed E-state index contributed by atoms with van der Waals surface area (Å²) in [4.78, 5) is 31.6. The maximum absolute atomic E-state index is 13.0. The van der Waals surface area contributed by atoms with E-state index in [1.54, 1.807) is 11.9 Å². The fraction of sp³-hybridized carbons (Fsp3) is 0.450. The Balaban J connectivity index is 1.88. The Hall–Kier alpha value is -2.63. The molecule has 26 heavy (non-hydrogen) atoms. The molecule has 6 heteroatoms. The summed E-state index contributed by atoms with van der Waals surface area (Å²) in [5, 5.41) is 2.89. The van der Waals surface area contributed by atoms with Gasteiger partial charge in [0, 0.05) is 26.2 Å². The van der Waals surface area contributed by atoms with Crippen LogP contribution in [0.25, 0.3) is 0 Å². The van der Waals surface area contributed by atoms with Crippen LogP contribution in [0.4, 0.5) is 0 Å². The van der Waals surface area contributed by atoms with Crippen LogP contribution in [0, 0.1) is 0 Å². The molecule has 1 aromatic carbocycles. The number of nitrogens with zero attached hydrogens (tertiary/aromatic N) is 3. The number of benzene rings is 1. The van der Waals surface area contributed by atoms with Crippen LogP contribution >= 0.6 is 0 Å². The second-order valence-electron chi connectivity index (χ2n) is 7.11. The number of rotatable bonds is 5. The summed E-state index contributed by atoms with van der Waals surface area (Å²) in [5.74, 6) is 0.0167. The van der Waals surface area contributed by atoms with Crippen LogP contribution in [0.15, 0.2) is 30.3 Å². The Bertz CT molecular complexity index is 796. The molecule has 1 aromatic heterocycles. The Labute approximate surface area is 154 Å². The van der Waals surface area contributed by atoms with E-state index in [2.05, 4.69) is 10.3 Å². The van der Waals surface area contributed by atoms with Crippen molar-refractivity contribution in [2.24, 2.45) is 0 Å². The summed E-state index contributed by atoms with van der Waals surface area (Å²) in [6.07, 6.45) is 2.79. The molecule has 2 amide bonds. The highest BCUT2D eigenvalue weighted by Crippen LogP contribution is 2.22. The normalized spacial score (nSPS) is 13.4. The van der Waals surface area contributed by atoms with Crippen LogP contribution in [0.2, 0.25) is 0 Å². The fourth-order valence-electron chi connectivity index (χ4n) is 3.32. The quantitative estimate of drug-likeness (QED) is 0.897. The molecule has 0 bridgehead atoms. The van der Waals surface area contributed by atoms with Gasteiger partial charge in [0.25, 0.3) is 11.8 Å². The van der Waals surface area contributed by atoms with E-state index in [0.717, 1.165) is 37.1 Å². The fourth-order valence-corrected chi connectivity index (χ4v) is 3.32. The molecular weight excluding hydrogens is 328 g/mol. The number of nitrogens with one attached hydrogen (secondary N) is 1. The molecular formula is C20H26N4O2. The molecule has 6 nitrogen and oxygen atoms in total. The Morgan fingerprint density at radius 3 is 2.65 bits per heavy atom. The zero-order valence-corrected chi connectivity index (χ0v) is 15.7. The molecule has 0 atom stereocenters. The van der Waals surface area contributed by atoms with Crippen LogP contribution in [-0.2, 0) is 19.5 Å². The van der Waals surface area contributed by atoms with E-state index in [1.165, 1.54) is 0 Å². The molecule has 0 saturated heterocycles. The van der Waals surface area contributed by atoms with Gasteiger partial charge in [0.15, 0.2) is 5.82 Å². The largest absolute Gasteiger partial charge is 0.348 e. The Kier molecular flexibility index (Phi) is 5.40. The summed E-state index contributed by atoms with van der Waals surface area (Å²) in [6, 6.07) is 9.89. The maximum Gasteiger partial charge on any atom is 0.289 e. The molecule has 1 aliphatic rings. The van der Waals surface area contributed by atoms with Gasteiger partial charge in [0.2, 0.25) is 0 Å². The topological polar surface area (TPSA) is 67.2 Å². The first-order valence-corrected chi connectivity index (χ1v) is 9.17. The van der Waals surface area contributed by atoms with Crippen molar-refractivity contribution in [1.29, 1.82) is 0 Å². The van der Waals surface area contributed by atoms with Gasteiger partial charge < -0.3 is 14.8 Å². The molecule has 1 N–H and O–H groups in total. The van der Waals surface area contributed by atoms with Crippen LogP contribution < -0.4 is 5.32 Å². The lowest BCUT2D eigenvalue weighted by Gasteiger charge is -2.20. The molecule has 0 saturated carbocycles. The van der Waals surface area contributed by atoms with Crippen molar-refractivity contribution in [3.05, 3.63) is 53.1 Å². The van der Waals surface area contributed by atoms with Gasteiger partial charge in [-0.25, -0.2) is 4.98 Å². The first-order valence-electron chi connectivity index (χ1n) is 9.17. The van der Waals surface area contributed by atoms with Crippen molar-refractivity contribution in [2.45, 2.75) is 52.2 Å². The number of carbonyl (C=O) groups is 2. The van der Waals surface area contributed by atoms with Gasteiger partial charge in [-0.1, -0.05) is 30.3 Å². The van der Waals surface area contributed by atoms with Crippen LogP contribution in [0.5, 0.6) is 0 Å². The third-order valence-electron chi connectivity index (χ3n) is 4.55. The summed E-state index contributed by atoms with van der Waals surface area (Å²) in [6.45, 7) is 5.08. The van der Waals surface area contributed by atoms with Crippen molar-refractivity contribution in [1.82, 2.24) is 19.8 Å². The Morgan fingerprint density at radius 2 is 1.96 bits per heavy atom. The first-order chi connectivity index (χ1) is 12.5. The van der Waals surface area contributed by atoms with Gasteiger partial charge in [-0.05, 0) is 38.7 Å². The molecule has 3 rings (SSSR count). The average Bonchev–Trinajstić information content (AvgIpc) is 3.01. The number of imidazole rings is 1. The second-order valence-corrected chi connectivity index (χ2v) is 7.11. The lowest BCUT2D eigenvalue weighted by atomic mass is 10.1.